The molecule has 1 aliphatic rings. The minimum Gasteiger partial charge on any atom is -0.339 e. The highest BCUT2D eigenvalue weighted by Crippen LogP contribution is 2.26. The largest absolute Gasteiger partial charge is 0.339 e. The van der Waals surface area contributed by atoms with Crippen LogP contribution >= 0.6 is 0 Å². The van der Waals surface area contributed by atoms with Crippen LogP contribution in [0.3, 0.4) is 0 Å². The Bertz CT molecular complexity index is 920. The number of nitrogens with zero attached hydrogens (tertiary/aromatic N) is 4. The maximum absolute atomic E-state index is 13.2. The van der Waals surface area contributed by atoms with Crippen LogP contribution in [0.15, 0.2) is 61.1 Å². The van der Waals surface area contributed by atoms with Crippen molar-refractivity contribution in [3.05, 3.63) is 66.6 Å². The molecule has 0 saturated carbocycles. The summed E-state index contributed by atoms with van der Waals surface area (Å²) in [6.07, 6.45) is 7.19. The normalized spacial score (nSPS) is 14.9. The molecule has 27 heavy (non-hydrogen) atoms. The highest BCUT2D eigenvalue weighted by Gasteiger charge is 2.25. The van der Waals surface area contributed by atoms with Crippen LogP contribution in [-0.4, -0.2) is 38.8 Å². The van der Waals surface area contributed by atoms with E-state index in [4.69, 9.17) is 4.98 Å². The van der Waals surface area contributed by atoms with E-state index >= 15 is 0 Å². The SMILES string of the molecule is CC1CCN(C(=O)c2cnc(-c3ccccc3)nc2-c2ccncc2)CC1. The minimum atomic E-state index is 0.00771. The first-order chi connectivity index (χ1) is 13.2. The number of likely N-dealkylation sites (tertiary alicyclic amines) is 1. The molecule has 136 valence electrons. The molecular formula is C22H22N4O. The first-order valence-corrected chi connectivity index (χ1v) is 9.34. The summed E-state index contributed by atoms with van der Waals surface area (Å²) < 4.78 is 0. The first-order valence-electron chi connectivity index (χ1n) is 9.34. The molecule has 1 amide bonds. The second kappa shape index (κ2) is 7.66. The Labute approximate surface area is 159 Å². The summed E-state index contributed by atoms with van der Waals surface area (Å²) in [7, 11) is 0. The number of hydrogen-bond acceptors (Lipinski definition) is 4. The molecule has 2 aromatic heterocycles. The fourth-order valence-electron chi connectivity index (χ4n) is 3.38. The van der Waals surface area contributed by atoms with E-state index in [9.17, 15) is 4.79 Å². The van der Waals surface area contributed by atoms with E-state index in [1.54, 1.807) is 18.6 Å². The van der Waals surface area contributed by atoms with E-state index in [0.717, 1.165) is 37.1 Å². The Morgan fingerprint density at radius 2 is 1.70 bits per heavy atom. The molecule has 4 rings (SSSR count). The Balaban J connectivity index is 1.76. The zero-order chi connectivity index (χ0) is 18.6. The van der Waals surface area contributed by atoms with Gasteiger partial charge in [-0.15, -0.1) is 0 Å². The van der Waals surface area contributed by atoms with Crippen molar-refractivity contribution in [2.75, 3.05) is 13.1 Å². The van der Waals surface area contributed by atoms with Crippen molar-refractivity contribution in [2.45, 2.75) is 19.8 Å². The van der Waals surface area contributed by atoms with Gasteiger partial charge >= 0.3 is 0 Å². The lowest BCUT2D eigenvalue weighted by Gasteiger charge is -2.30. The summed E-state index contributed by atoms with van der Waals surface area (Å²) >= 11 is 0. The molecular weight excluding hydrogens is 336 g/mol. The number of carbonyl (C=O) groups is 1. The Morgan fingerprint density at radius 3 is 2.41 bits per heavy atom. The van der Waals surface area contributed by atoms with E-state index in [1.807, 2.05) is 47.4 Å². The van der Waals surface area contributed by atoms with Crippen molar-refractivity contribution in [2.24, 2.45) is 5.92 Å². The van der Waals surface area contributed by atoms with Gasteiger partial charge in [0.25, 0.3) is 5.91 Å². The number of piperidine rings is 1. The topological polar surface area (TPSA) is 59.0 Å². The van der Waals surface area contributed by atoms with Crippen molar-refractivity contribution in [1.29, 1.82) is 0 Å². The van der Waals surface area contributed by atoms with Crippen LogP contribution in [0.1, 0.15) is 30.1 Å². The maximum atomic E-state index is 13.2. The van der Waals surface area contributed by atoms with Crippen LogP contribution in [-0.2, 0) is 0 Å². The average Bonchev–Trinajstić information content (AvgIpc) is 2.75. The maximum Gasteiger partial charge on any atom is 0.257 e. The lowest BCUT2D eigenvalue weighted by molar-refractivity contribution is 0.0697. The molecule has 0 radical (unpaired) electrons. The molecule has 0 unspecified atom stereocenters. The van der Waals surface area contributed by atoms with Gasteiger partial charge in [0.1, 0.15) is 0 Å². The van der Waals surface area contributed by atoms with Crippen molar-refractivity contribution in [3.63, 3.8) is 0 Å². The van der Waals surface area contributed by atoms with Gasteiger partial charge in [-0.05, 0) is 30.9 Å². The van der Waals surface area contributed by atoms with E-state index < -0.39 is 0 Å². The first kappa shape index (κ1) is 17.3. The zero-order valence-electron chi connectivity index (χ0n) is 15.4. The van der Waals surface area contributed by atoms with Crippen LogP contribution < -0.4 is 0 Å². The van der Waals surface area contributed by atoms with Crippen molar-refractivity contribution < 1.29 is 4.79 Å². The zero-order valence-corrected chi connectivity index (χ0v) is 15.4. The Hall–Kier alpha value is -3.08. The van der Waals surface area contributed by atoms with E-state index in [0.29, 0.717) is 23.0 Å². The third kappa shape index (κ3) is 3.72. The van der Waals surface area contributed by atoms with Gasteiger partial charge in [0.2, 0.25) is 0 Å². The van der Waals surface area contributed by atoms with Crippen LogP contribution in [0.25, 0.3) is 22.6 Å². The number of aromatic nitrogens is 3. The molecule has 1 aliphatic heterocycles. The van der Waals surface area contributed by atoms with Gasteiger partial charge in [0.05, 0.1) is 11.3 Å². The van der Waals surface area contributed by atoms with E-state index in [1.165, 1.54) is 0 Å². The number of benzene rings is 1. The fraction of sp³-hybridized carbons (Fsp3) is 0.273. The fourth-order valence-corrected chi connectivity index (χ4v) is 3.38. The number of hydrogen-bond donors (Lipinski definition) is 0. The van der Waals surface area contributed by atoms with Crippen LogP contribution in [0.5, 0.6) is 0 Å². The standard InChI is InChI=1S/C22H22N4O/c1-16-9-13-26(14-10-16)22(27)19-15-24-21(18-5-3-2-4-6-18)25-20(19)17-7-11-23-12-8-17/h2-8,11-12,15-16H,9-10,13-14H2,1H3. The van der Waals surface area contributed by atoms with Gasteiger partial charge in [0, 0.05) is 42.8 Å². The van der Waals surface area contributed by atoms with Crippen molar-refractivity contribution in [1.82, 2.24) is 19.9 Å². The van der Waals surface area contributed by atoms with Crippen molar-refractivity contribution >= 4 is 5.91 Å². The molecule has 3 heterocycles. The summed E-state index contributed by atoms with van der Waals surface area (Å²) in [5.41, 5.74) is 3.02. The van der Waals surface area contributed by atoms with Crippen LogP contribution in [0.2, 0.25) is 0 Å². The lowest BCUT2D eigenvalue weighted by atomic mass is 9.98. The van der Waals surface area contributed by atoms with Gasteiger partial charge < -0.3 is 4.90 Å². The van der Waals surface area contributed by atoms with Gasteiger partial charge in [-0.3, -0.25) is 9.78 Å². The summed E-state index contributed by atoms with van der Waals surface area (Å²) in [6.45, 7) is 3.81. The predicted molar refractivity (Wildman–Crippen MR) is 105 cm³/mol. The summed E-state index contributed by atoms with van der Waals surface area (Å²) in [4.78, 5) is 28.4. The second-order valence-electron chi connectivity index (χ2n) is 7.03. The van der Waals surface area contributed by atoms with Gasteiger partial charge in [-0.2, -0.15) is 0 Å². The smallest absolute Gasteiger partial charge is 0.257 e. The van der Waals surface area contributed by atoms with Gasteiger partial charge in [0.15, 0.2) is 5.82 Å². The average molecular weight is 358 g/mol. The third-order valence-electron chi connectivity index (χ3n) is 5.08. The monoisotopic (exact) mass is 358 g/mol. The van der Waals surface area contributed by atoms with Crippen LogP contribution in [0.4, 0.5) is 0 Å². The lowest BCUT2D eigenvalue weighted by Crippen LogP contribution is -2.38. The molecule has 0 atom stereocenters. The number of pyridine rings is 1. The van der Waals surface area contributed by atoms with E-state index in [2.05, 4.69) is 16.9 Å². The summed E-state index contributed by atoms with van der Waals surface area (Å²) in [5, 5.41) is 0. The molecule has 5 nitrogen and oxygen atoms in total. The third-order valence-corrected chi connectivity index (χ3v) is 5.08. The van der Waals surface area contributed by atoms with Gasteiger partial charge in [-0.25, -0.2) is 9.97 Å². The number of rotatable bonds is 3. The summed E-state index contributed by atoms with van der Waals surface area (Å²) in [6, 6.07) is 13.6. The molecule has 0 N–H and O–H groups in total. The Kier molecular flexibility index (Phi) is 4.92. The molecule has 0 aliphatic carbocycles. The molecule has 1 fully saturated rings. The van der Waals surface area contributed by atoms with Crippen LogP contribution in [0, 0.1) is 5.92 Å². The van der Waals surface area contributed by atoms with Gasteiger partial charge in [-0.1, -0.05) is 37.3 Å². The van der Waals surface area contributed by atoms with E-state index in [-0.39, 0.29) is 5.91 Å². The molecule has 1 aromatic carbocycles. The highest BCUT2D eigenvalue weighted by atomic mass is 16.2. The molecule has 3 aromatic rings. The number of carbonyl (C=O) groups excluding carboxylic acids is 1. The molecule has 5 heteroatoms. The molecule has 1 saturated heterocycles. The molecule has 0 spiro atoms. The minimum absolute atomic E-state index is 0.00771. The number of amides is 1. The second-order valence-corrected chi connectivity index (χ2v) is 7.03. The van der Waals surface area contributed by atoms with Crippen molar-refractivity contribution in [3.8, 4) is 22.6 Å². The summed E-state index contributed by atoms with van der Waals surface area (Å²) in [5.74, 6) is 1.30. The highest BCUT2D eigenvalue weighted by molar-refractivity contribution is 6.00. The quantitative estimate of drug-likeness (QED) is 0.708. The molecule has 0 bridgehead atoms. The Morgan fingerprint density at radius 1 is 1.00 bits per heavy atom. The predicted octanol–water partition coefficient (Wildman–Crippen LogP) is 4.08.